The first-order valence-corrected chi connectivity index (χ1v) is 7.29. The molecule has 0 amide bonds. The Labute approximate surface area is 105 Å². The van der Waals surface area contributed by atoms with E-state index >= 15 is 0 Å². The van der Waals surface area contributed by atoms with E-state index < -0.39 is 0 Å². The van der Waals surface area contributed by atoms with Crippen molar-refractivity contribution in [3.63, 3.8) is 0 Å². The van der Waals surface area contributed by atoms with Gasteiger partial charge < -0.3 is 0 Å². The van der Waals surface area contributed by atoms with Gasteiger partial charge in [-0.2, -0.15) is 0 Å². The van der Waals surface area contributed by atoms with Gasteiger partial charge in [0.2, 0.25) is 0 Å². The van der Waals surface area contributed by atoms with Gasteiger partial charge in [0.05, 0.1) is 0 Å². The monoisotopic (exact) mass is 338 g/mol. The molecule has 68 valence electrons. The number of hydrogen-bond acceptors (Lipinski definition) is 3. The molecule has 0 atom stereocenters. The molecule has 0 unspecified atom stereocenters. The predicted octanol–water partition coefficient (Wildman–Crippen LogP) is 4.52. The van der Waals surface area contributed by atoms with E-state index in [2.05, 4.69) is 59.0 Å². The summed E-state index contributed by atoms with van der Waals surface area (Å²) in [6.07, 6.45) is 2.10. The van der Waals surface area contributed by atoms with Crippen molar-refractivity contribution in [1.29, 1.82) is 0 Å². The molecule has 0 saturated heterocycles. The van der Waals surface area contributed by atoms with E-state index in [1.807, 2.05) is 0 Å². The van der Waals surface area contributed by atoms with E-state index in [9.17, 15) is 0 Å². The molecule has 0 fully saturated rings. The molecule has 1 heterocycles. The first kappa shape index (κ1) is 10.1. The van der Waals surface area contributed by atoms with Gasteiger partial charge in [-0.1, -0.05) is 0 Å². The van der Waals surface area contributed by atoms with E-state index in [-0.39, 0.29) is 0 Å². The van der Waals surface area contributed by atoms with Crippen LogP contribution in [0.15, 0.2) is 27.3 Å². The van der Waals surface area contributed by atoms with E-state index in [4.69, 9.17) is 0 Å². The molecule has 0 spiro atoms. The summed E-state index contributed by atoms with van der Waals surface area (Å²) < 4.78 is 2.65. The summed E-state index contributed by atoms with van der Waals surface area (Å²) in [4.78, 5) is 2.39. The smallest absolute Gasteiger partial charge is 0.0500 e. The molecule has 0 saturated carbocycles. The van der Waals surface area contributed by atoms with Gasteiger partial charge in [0.15, 0.2) is 0 Å². The third-order valence-electron chi connectivity index (χ3n) is 1.83. The molecule has 13 heavy (non-hydrogen) atoms. The third-order valence-corrected chi connectivity index (χ3v) is 5.12. The molecule has 0 aliphatic carbocycles. The predicted molar refractivity (Wildman–Crippen MR) is 73.6 cm³/mol. The van der Waals surface area contributed by atoms with Crippen LogP contribution in [0.5, 0.6) is 0 Å². The lowest BCUT2D eigenvalue weighted by atomic mass is 10.3. The molecular formula is C9H7IS3. The summed E-state index contributed by atoms with van der Waals surface area (Å²) >= 11 is 10.4. The Morgan fingerprint density at radius 3 is 3.00 bits per heavy atom. The second kappa shape index (κ2) is 4.00. The van der Waals surface area contributed by atoms with Crippen LogP contribution in [0.3, 0.4) is 0 Å². The zero-order valence-corrected chi connectivity index (χ0v) is 11.6. The van der Waals surface area contributed by atoms with Gasteiger partial charge in [0, 0.05) is 23.4 Å². The van der Waals surface area contributed by atoms with E-state index in [0.717, 1.165) is 4.90 Å². The van der Waals surface area contributed by atoms with Crippen molar-refractivity contribution in [3.05, 3.63) is 21.1 Å². The number of thioether (sulfide) groups is 1. The number of rotatable bonds is 1. The van der Waals surface area contributed by atoms with Gasteiger partial charge in [0.25, 0.3) is 0 Å². The number of fused-ring (bicyclic) bond motifs is 1. The Morgan fingerprint density at radius 1 is 1.54 bits per heavy atom. The summed E-state index contributed by atoms with van der Waals surface area (Å²) in [5, 5.41) is 3.49. The minimum absolute atomic E-state index is 1.09. The SMILES string of the molecule is CSc1c(S)cc(I)c2ccsc12. The Balaban J connectivity index is 2.88. The first-order valence-electron chi connectivity index (χ1n) is 3.66. The van der Waals surface area contributed by atoms with Crippen molar-refractivity contribution in [2.75, 3.05) is 6.26 Å². The average molecular weight is 338 g/mol. The van der Waals surface area contributed by atoms with Gasteiger partial charge in [0.1, 0.15) is 0 Å². The molecule has 1 aromatic carbocycles. The fourth-order valence-corrected chi connectivity index (χ4v) is 4.85. The number of benzene rings is 1. The topological polar surface area (TPSA) is 0 Å². The average Bonchev–Trinajstić information content (AvgIpc) is 2.53. The van der Waals surface area contributed by atoms with Crippen molar-refractivity contribution < 1.29 is 0 Å². The second-order valence-electron chi connectivity index (χ2n) is 2.57. The minimum atomic E-state index is 1.09. The summed E-state index contributed by atoms with van der Waals surface area (Å²) in [6.45, 7) is 0. The highest BCUT2D eigenvalue weighted by molar-refractivity contribution is 14.1. The summed E-state index contributed by atoms with van der Waals surface area (Å²) in [6, 6.07) is 4.30. The molecule has 0 radical (unpaired) electrons. The van der Waals surface area contributed by atoms with Crippen molar-refractivity contribution in [3.8, 4) is 0 Å². The second-order valence-corrected chi connectivity index (χ2v) is 5.95. The molecule has 0 aliphatic heterocycles. The van der Waals surface area contributed by atoms with Crippen LogP contribution in [0.4, 0.5) is 0 Å². The van der Waals surface area contributed by atoms with Crippen molar-refractivity contribution in [2.24, 2.45) is 0 Å². The van der Waals surface area contributed by atoms with Gasteiger partial charge >= 0.3 is 0 Å². The summed E-state index contributed by atoms with van der Waals surface area (Å²) in [7, 11) is 0. The van der Waals surface area contributed by atoms with E-state index in [0.29, 0.717) is 0 Å². The quantitative estimate of drug-likeness (QED) is 0.453. The van der Waals surface area contributed by atoms with E-state index in [1.54, 1.807) is 23.1 Å². The summed E-state index contributed by atoms with van der Waals surface area (Å²) in [5.41, 5.74) is 0. The maximum Gasteiger partial charge on any atom is 0.0500 e. The molecule has 2 rings (SSSR count). The lowest BCUT2D eigenvalue weighted by Gasteiger charge is -2.04. The lowest BCUT2D eigenvalue weighted by molar-refractivity contribution is 1.32. The van der Waals surface area contributed by atoms with Crippen LogP contribution in [0.2, 0.25) is 0 Å². The highest BCUT2D eigenvalue weighted by Gasteiger charge is 2.08. The van der Waals surface area contributed by atoms with Crippen LogP contribution in [0.25, 0.3) is 10.1 Å². The standard InChI is InChI=1S/C9H7IS3/c1-12-9-7(11)4-6(10)5-2-3-13-8(5)9/h2-4,11H,1H3. The van der Waals surface area contributed by atoms with Gasteiger partial charge in [-0.3, -0.25) is 0 Å². The maximum absolute atomic E-state index is 4.48. The van der Waals surface area contributed by atoms with Crippen molar-refractivity contribution in [1.82, 2.24) is 0 Å². The zero-order valence-electron chi connectivity index (χ0n) is 6.87. The maximum atomic E-state index is 4.48. The number of thiol groups is 1. The molecular weight excluding hydrogens is 331 g/mol. The molecule has 2 aromatic rings. The van der Waals surface area contributed by atoms with Gasteiger partial charge in [-0.05, 0) is 46.4 Å². The Bertz CT molecular complexity index is 447. The van der Waals surface area contributed by atoms with Crippen LogP contribution in [-0.2, 0) is 0 Å². The molecule has 1 aromatic heterocycles. The molecule has 0 bridgehead atoms. The highest BCUT2D eigenvalue weighted by atomic mass is 127. The normalized spacial score (nSPS) is 11.0. The van der Waals surface area contributed by atoms with Crippen LogP contribution in [-0.4, -0.2) is 6.26 Å². The number of thiophene rings is 1. The van der Waals surface area contributed by atoms with Crippen LogP contribution in [0, 0.1) is 3.57 Å². The van der Waals surface area contributed by atoms with Crippen LogP contribution < -0.4 is 0 Å². The molecule has 4 heteroatoms. The zero-order chi connectivity index (χ0) is 9.42. The fourth-order valence-electron chi connectivity index (χ4n) is 1.25. The van der Waals surface area contributed by atoms with Crippen LogP contribution in [0.1, 0.15) is 0 Å². The first-order chi connectivity index (χ1) is 6.24. The van der Waals surface area contributed by atoms with E-state index in [1.165, 1.54) is 18.6 Å². The number of halogens is 1. The molecule has 0 aliphatic rings. The number of hydrogen-bond donors (Lipinski definition) is 1. The Morgan fingerprint density at radius 2 is 2.31 bits per heavy atom. The van der Waals surface area contributed by atoms with Crippen molar-refractivity contribution in [2.45, 2.75) is 9.79 Å². The fraction of sp³-hybridized carbons (Fsp3) is 0.111. The Hall–Kier alpha value is 0.610. The van der Waals surface area contributed by atoms with Crippen LogP contribution >= 0.6 is 58.3 Å². The largest absolute Gasteiger partial charge is 0.143 e. The highest BCUT2D eigenvalue weighted by Crippen LogP contribution is 2.38. The Kier molecular flexibility index (Phi) is 3.12. The summed E-state index contributed by atoms with van der Waals surface area (Å²) in [5.74, 6) is 0. The third kappa shape index (κ3) is 1.73. The lowest BCUT2D eigenvalue weighted by Crippen LogP contribution is -1.79. The van der Waals surface area contributed by atoms with Crippen molar-refractivity contribution >= 4 is 68.4 Å². The molecule has 0 N–H and O–H groups in total. The van der Waals surface area contributed by atoms with Gasteiger partial charge in [-0.15, -0.1) is 35.7 Å². The minimum Gasteiger partial charge on any atom is -0.143 e. The van der Waals surface area contributed by atoms with Gasteiger partial charge in [-0.25, -0.2) is 0 Å². The molecule has 0 nitrogen and oxygen atoms in total.